The molecule has 0 aliphatic carbocycles. The number of halogens is 2. The van der Waals surface area contributed by atoms with Crippen LogP contribution in [0, 0.1) is 6.92 Å². The van der Waals surface area contributed by atoms with Crippen molar-refractivity contribution in [1.29, 1.82) is 0 Å². The van der Waals surface area contributed by atoms with Crippen LogP contribution in [-0.4, -0.2) is 16.5 Å². The van der Waals surface area contributed by atoms with E-state index in [0.717, 1.165) is 21.3 Å². The first-order valence-corrected chi connectivity index (χ1v) is 8.36. The summed E-state index contributed by atoms with van der Waals surface area (Å²) in [6.07, 6.45) is 3.52. The largest absolute Gasteiger partial charge is 0.496 e. The number of hydrogen-bond donors (Lipinski definition) is 0. The van der Waals surface area contributed by atoms with Crippen LogP contribution in [0.25, 0.3) is 16.8 Å². The lowest BCUT2D eigenvalue weighted by atomic mass is 10.2. The van der Waals surface area contributed by atoms with Gasteiger partial charge in [-0.25, -0.2) is 4.98 Å². The molecule has 1 aromatic carbocycles. The zero-order valence-electron chi connectivity index (χ0n) is 13.1. The van der Waals surface area contributed by atoms with Crippen molar-refractivity contribution in [3.8, 4) is 5.75 Å². The highest BCUT2D eigenvalue weighted by Crippen LogP contribution is 2.28. The van der Waals surface area contributed by atoms with Crippen LogP contribution in [0.1, 0.15) is 16.8 Å². The summed E-state index contributed by atoms with van der Waals surface area (Å²) >= 11 is 9.81. The van der Waals surface area contributed by atoms with Crippen molar-refractivity contribution in [2.45, 2.75) is 6.92 Å². The van der Waals surface area contributed by atoms with E-state index in [4.69, 9.17) is 16.3 Å². The molecule has 0 bridgehead atoms. The predicted octanol–water partition coefficient (Wildman–Crippen LogP) is 4.51. The summed E-state index contributed by atoms with van der Waals surface area (Å²) in [7, 11) is 1.61. The van der Waals surface area contributed by atoms with E-state index in [-0.39, 0.29) is 5.56 Å². The van der Waals surface area contributed by atoms with Gasteiger partial charge in [0.25, 0.3) is 5.56 Å². The topological polar surface area (TPSA) is 43.6 Å². The molecule has 0 spiro atoms. The third kappa shape index (κ3) is 3.37. The zero-order valence-corrected chi connectivity index (χ0v) is 15.4. The maximum absolute atomic E-state index is 12.3. The first-order valence-electron chi connectivity index (χ1n) is 7.19. The molecule has 0 saturated heterocycles. The molecular formula is C18H14BrClN2O2. The van der Waals surface area contributed by atoms with Gasteiger partial charge in [-0.3, -0.25) is 9.20 Å². The lowest BCUT2D eigenvalue weighted by Gasteiger charge is -2.06. The number of hydrogen-bond acceptors (Lipinski definition) is 3. The Balaban J connectivity index is 2.04. The van der Waals surface area contributed by atoms with Crippen LogP contribution in [0.3, 0.4) is 0 Å². The predicted molar refractivity (Wildman–Crippen MR) is 101 cm³/mol. The standard InChI is InChI=1S/C18H14BrClN2O2/c1-11-3-6-17-21-15(9-18(23)22(17)10-11)14(20)8-12-4-5-16(24-2)13(19)7-12/h3-10H,1-2H3/b14-8-. The molecule has 6 heteroatoms. The lowest BCUT2D eigenvalue weighted by molar-refractivity contribution is 0.412. The average Bonchev–Trinajstić information content (AvgIpc) is 2.55. The minimum atomic E-state index is -0.166. The summed E-state index contributed by atoms with van der Waals surface area (Å²) < 4.78 is 7.54. The van der Waals surface area contributed by atoms with Gasteiger partial charge in [-0.15, -0.1) is 0 Å². The minimum absolute atomic E-state index is 0.166. The second-order valence-electron chi connectivity index (χ2n) is 5.30. The van der Waals surface area contributed by atoms with Crippen LogP contribution in [0.4, 0.5) is 0 Å². The number of aromatic nitrogens is 2. The molecule has 2 aromatic heterocycles. The summed E-state index contributed by atoms with van der Waals surface area (Å²) in [6.45, 7) is 1.92. The number of fused-ring (bicyclic) bond motifs is 1. The highest BCUT2D eigenvalue weighted by Gasteiger charge is 2.07. The molecule has 0 aliphatic heterocycles. The van der Waals surface area contributed by atoms with Crippen molar-refractivity contribution in [1.82, 2.24) is 9.38 Å². The fraction of sp³-hybridized carbons (Fsp3) is 0.111. The van der Waals surface area contributed by atoms with Gasteiger partial charge in [0.2, 0.25) is 0 Å². The number of rotatable bonds is 3. The lowest BCUT2D eigenvalue weighted by Crippen LogP contribution is -2.15. The van der Waals surface area contributed by atoms with E-state index in [0.29, 0.717) is 16.4 Å². The highest BCUT2D eigenvalue weighted by atomic mass is 79.9. The molecule has 0 fully saturated rings. The van der Waals surface area contributed by atoms with Gasteiger partial charge in [0, 0.05) is 12.3 Å². The van der Waals surface area contributed by atoms with Gasteiger partial charge >= 0.3 is 0 Å². The van der Waals surface area contributed by atoms with Gasteiger partial charge in [-0.2, -0.15) is 0 Å². The number of pyridine rings is 1. The molecule has 24 heavy (non-hydrogen) atoms. The van der Waals surface area contributed by atoms with Gasteiger partial charge in [0.15, 0.2) is 0 Å². The molecule has 122 valence electrons. The monoisotopic (exact) mass is 404 g/mol. The molecule has 0 atom stereocenters. The van der Waals surface area contributed by atoms with Crippen molar-refractivity contribution >= 4 is 44.3 Å². The van der Waals surface area contributed by atoms with Crippen LogP contribution in [0.2, 0.25) is 0 Å². The van der Waals surface area contributed by atoms with E-state index < -0.39 is 0 Å². The summed E-state index contributed by atoms with van der Waals surface area (Å²) in [5.41, 5.74) is 2.70. The molecule has 3 aromatic rings. The third-order valence-electron chi connectivity index (χ3n) is 3.52. The SMILES string of the molecule is COc1ccc(/C=C(\Cl)c2cc(=O)n3cc(C)ccc3n2)cc1Br. The fourth-order valence-corrected chi connectivity index (χ4v) is 3.11. The maximum Gasteiger partial charge on any atom is 0.258 e. The molecule has 2 heterocycles. The van der Waals surface area contributed by atoms with Crippen molar-refractivity contribution < 1.29 is 4.74 Å². The van der Waals surface area contributed by atoms with Crippen LogP contribution < -0.4 is 10.3 Å². The minimum Gasteiger partial charge on any atom is -0.496 e. The Kier molecular flexibility index (Phi) is 4.73. The van der Waals surface area contributed by atoms with E-state index in [9.17, 15) is 4.79 Å². The van der Waals surface area contributed by atoms with Crippen molar-refractivity contribution in [3.63, 3.8) is 0 Å². The van der Waals surface area contributed by atoms with Gasteiger partial charge in [-0.05, 0) is 58.3 Å². The molecule has 0 N–H and O–H groups in total. The van der Waals surface area contributed by atoms with Gasteiger partial charge in [-0.1, -0.05) is 23.7 Å². The molecule has 0 amide bonds. The summed E-state index contributed by atoms with van der Waals surface area (Å²) in [4.78, 5) is 16.7. The van der Waals surface area contributed by atoms with Crippen molar-refractivity contribution in [3.05, 3.63) is 74.2 Å². The summed E-state index contributed by atoms with van der Waals surface area (Å²) in [6, 6.07) is 10.7. The molecule has 0 unspecified atom stereocenters. The number of benzene rings is 1. The Hall–Kier alpha value is -2.11. The Morgan fingerprint density at radius 3 is 2.79 bits per heavy atom. The second-order valence-corrected chi connectivity index (χ2v) is 6.56. The summed E-state index contributed by atoms with van der Waals surface area (Å²) in [5.74, 6) is 0.737. The van der Waals surface area contributed by atoms with Crippen LogP contribution in [0.5, 0.6) is 5.75 Å². The first kappa shape index (κ1) is 16.7. The Bertz CT molecular complexity index is 1010. The Morgan fingerprint density at radius 2 is 2.08 bits per heavy atom. The van der Waals surface area contributed by atoms with Gasteiger partial charge in [0.05, 0.1) is 22.3 Å². The molecular weight excluding hydrogens is 392 g/mol. The van der Waals surface area contributed by atoms with Crippen LogP contribution in [0.15, 0.2) is 51.9 Å². The van der Waals surface area contributed by atoms with Gasteiger partial charge < -0.3 is 4.74 Å². The molecule has 4 nitrogen and oxygen atoms in total. The maximum atomic E-state index is 12.3. The van der Waals surface area contributed by atoms with Gasteiger partial charge in [0.1, 0.15) is 11.4 Å². The van der Waals surface area contributed by atoms with E-state index in [2.05, 4.69) is 20.9 Å². The molecule has 3 rings (SSSR count). The van der Waals surface area contributed by atoms with Crippen molar-refractivity contribution in [2.24, 2.45) is 0 Å². The smallest absolute Gasteiger partial charge is 0.258 e. The highest BCUT2D eigenvalue weighted by molar-refractivity contribution is 9.10. The number of aryl methyl sites for hydroxylation is 1. The number of nitrogens with zero attached hydrogens (tertiary/aromatic N) is 2. The quantitative estimate of drug-likeness (QED) is 0.644. The van der Waals surface area contributed by atoms with E-state index in [1.54, 1.807) is 25.4 Å². The summed E-state index contributed by atoms with van der Waals surface area (Å²) in [5, 5.41) is 0.396. The zero-order chi connectivity index (χ0) is 17.3. The normalized spacial score (nSPS) is 11.8. The van der Waals surface area contributed by atoms with E-state index in [1.807, 2.05) is 31.2 Å². The first-order chi connectivity index (χ1) is 11.5. The third-order valence-corrected chi connectivity index (χ3v) is 4.44. The second kappa shape index (κ2) is 6.79. The molecule has 0 radical (unpaired) electrons. The van der Waals surface area contributed by atoms with Crippen LogP contribution >= 0.6 is 27.5 Å². The Morgan fingerprint density at radius 1 is 1.29 bits per heavy atom. The molecule has 0 aliphatic rings. The average molecular weight is 406 g/mol. The van der Waals surface area contributed by atoms with E-state index >= 15 is 0 Å². The van der Waals surface area contributed by atoms with Crippen LogP contribution in [-0.2, 0) is 0 Å². The number of ether oxygens (including phenoxy) is 1. The van der Waals surface area contributed by atoms with Crippen molar-refractivity contribution in [2.75, 3.05) is 7.11 Å². The Labute approximate surface area is 152 Å². The van der Waals surface area contributed by atoms with E-state index in [1.165, 1.54) is 10.5 Å². The molecule has 0 saturated carbocycles. The fourth-order valence-electron chi connectivity index (χ4n) is 2.32. The number of methoxy groups -OCH3 is 1.